The Morgan fingerprint density at radius 1 is 1.33 bits per heavy atom. The van der Waals surface area contributed by atoms with Gasteiger partial charge >= 0.3 is 0 Å². The van der Waals surface area contributed by atoms with E-state index < -0.39 is 0 Å². The Morgan fingerprint density at radius 3 is 2.83 bits per heavy atom. The predicted octanol–water partition coefficient (Wildman–Crippen LogP) is 3.39. The number of nitrogens with zero attached hydrogens (tertiary/aromatic N) is 2. The monoisotopic (exact) mass is 266 g/mol. The first-order chi connectivity index (χ1) is 8.61. The number of aromatic nitrogens is 2. The van der Waals surface area contributed by atoms with E-state index in [1.54, 1.807) is 32.2 Å². The van der Waals surface area contributed by atoms with Crippen molar-refractivity contribution >= 4 is 11.6 Å². The van der Waals surface area contributed by atoms with E-state index in [1.165, 1.54) is 6.07 Å². The molecule has 2 aromatic rings. The van der Waals surface area contributed by atoms with Gasteiger partial charge in [0.15, 0.2) is 5.82 Å². The molecule has 1 aromatic heterocycles. The molecule has 0 bridgehead atoms. The summed E-state index contributed by atoms with van der Waals surface area (Å²) in [4.78, 5) is 8.35. The van der Waals surface area contributed by atoms with Gasteiger partial charge in [0.2, 0.25) is 0 Å². The summed E-state index contributed by atoms with van der Waals surface area (Å²) in [6.07, 6.45) is 0. The maximum Gasteiger partial charge on any atom is 0.156 e. The Morgan fingerprint density at radius 2 is 2.11 bits per heavy atom. The lowest BCUT2D eigenvalue weighted by Gasteiger charge is -2.08. The largest absolute Gasteiger partial charge is 0.377 e. The van der Waals surface area contributed by atoms with E-state index in [0.29, 0.717) is 27.8 Å². The van der Waals surface area contributed by atoms with Crippen LogP contribution in [0, 0.1) is 12.7 Å². The summed E-state index contributed by atoms with van der Waals surface area (Å²) in [5.74, 6) is 0.208. The molecule has 1 heterocycles. The van der Waals surface area contributed by atoms with Gasteiger partial charge in [-0.25, -0.2) is 14.4 Å². The molecule has 0 fully saturated rings. The van der Waals surface area contributed by atoms with Gasteiger partial charge in [0.1, 0.15) is 17.6 Å². The van der Waals surface area contributed by atoms with Crippen LogP contribution in [0.5, 0.6) is 0 Å². The maximum absolute atomic E-state index is 13.5. The van der Waals surface area contributed by atoms with Crippen molar-refractivity contribution in [3.05, 3.63) is 46.6 Å². The van der Waals surface area contributed by atoms with Crippen LogP contribution in [-0.4, -0.2) is 17.1 Å². The number of rotatable bonds is 3. The van der Waals surface area contributed by atoms with Gasteiger partial charge < -0.3 is 4.74 Å². The van der Waals surface area contributed by atoms with Gasteiger partial charge in [0.25, 0.3) is 0 Å². The van der Waals surface area contributed by atoms with Crippen LogP contribution in [0.4, 0.5) is 4.39 Å². The average Bonchev–Trinajstić information content (AvgIpc) is 2.32. The summed E-state index contributed by atoms with van der Waals surface area (Å²) in [5.41, 5.74) is 1.84. The minimum atomic E-state index is -0.268. The third-order valence-electron chi connectivity index (χ3n) is 2.56. The first-order valence-electron chi connectivity index (χ1n) is 5.39. The van der Waals surface area contributed by atoms with Crippen molar-refractivity contribution < 1.29 is 9.13 Å². The minimum Gasteiger partial charge on any atom is -0.377 e. The van der Waals surface area contributed by atoms with Crippen LogP contribution in [0.1, 0.15) is 11.4 Å². The molecule has 0 N–H and O–H groups in total. The van der Waals surface area contributed by atoms with Crippen LogP contribution in [0.3, 0.4) is 0 Å². The van der Waals surface area contributed by atoms with Crippen LogP contribution < -0.4 is 0 Å². The molecule has 0 amide bonds. The van der Waals surface area contributed by atoms with Crippen LogP contribution in [0.25, 0.3) is 11.3 Å². The number of benzene rings is 1. The number of halogens is 2. The standard InChI is InChI=1S/C13H12ClFN2O/c1-8-9(4-3-5-10(8)15)11-6-12(14)17-13(16-11)7-18-2/h3-6H,7H2,1-2H3. The van der Waals surface area contributed by atoms with E-state index in [1.807, 2.05) is 0 Å². The van der Waals surface area contributed by atoms with Gasteiger partial charge in [-0.3, -0.25) is 0 Å². The molecule has 0 spiro atoms. The molecule has 18 heavy (non-hydrogen) atoms. The first-order valence-corrected chi connectivity index (χ1v) is 5.77. The fourth-order valence-electron chi connectivity index (χ4n) is 1.68. The van der Waals surface area contributed by atoms with E-state index in [-0.39, 0.29) is 12.4 Å². The zero-order valence-corrected chi connectivity index (χ0v) is 10.8. The molecule has 0 aliphatic carbocycles. The molecule has 0 aliphatic rings. The minimum absolute atomic E-state index is 0.266. The van der Waals surface area contributed by atoms with Crippen molar-refractivity contribution in [1.82, 2.24) is 9.97 Å². The molecule has 0 unspecified atom stereocenters. The predicted molar refractivity (Wildman–Crippen MR) is 67.9 cm³/mol. The molecule has 5 heteroatoms. The van der Waals surface area contributed by atoms with Gasteiger partial charge in [-0.15, -0.1) is 0 Å². The summed E-state index contributed by atoms with van der Waals surface area (Å²) < 4.78 is 18.5. The molecule has 2 rings (SSSR count). The normalized spacial score (nSPS) is 10.7. The Kier molecular flexibility index (Phi) is 3.89. The lowest BCUT2D eigenvalue weighted by atomic mass is 10.1. The maximum atomic E-state index is 13.5. The lowest BCUT2D eigenvalue weighted by molar-refractivity contribution is 0.178. The molecular weight excluding hydrogens is 255 g/mol. The highest BCUT2D eigenvalue weighted by Gasteiger charge is 2.10. The van der Waals surface area contributed by atoms with Crippen molar-refractivity contribution in [3.63, 3.8) is 0 Å². The van der Waals surface area contributed by atoms with Crippen molar-refractivity contribution in [2.45, 2.75) is 13.5 Å². The smallest absolute Gasteiger partial charge is 0.156 e. The van der Waals surface area contributed by atoms with Crippen LogP contribution in [0.15, 0.2) is 24.3 Å². The number of ether oxygens (including phenoxy) is 1. The Balaban J connectivity index is 2.53. The van der Waals surface area contributed by atoms with E-state index in [0.717, 1.165) is 0 Å². The molecule has 3 nitrogen and oxygen atoms in total. The van der Waals surface area contributed by atoms with Crippen LogP contribution in [-0.2, 0) is 11.3 Å². The SMILES string of the molecule is COCc1nc(Cl)cc(-c2cccc(F)c2C)n1. The third-order valence-corrected chi connectivity index (χ3v) is 2.75. The summed E-state index contributed by atoms with van der Waals surface area (Å²) in [6, 6.07) is 6.47. The number of hydrogen-bond donors (Lipinski definition) is 0. The van der Waals surface area contributed by atoms with E-state index >= 15 is 0 Å². The first kappa shape index (κ1) is 12.9. The van der Waals surface area contributed by atoms with Crippen LogP contribution in [0.2, 0.25) is 5.15 Å². The zero-order valence-electron chi connectivity index (χ0n) is 10.1. The van der Waals surface area contributed by atoms with E-state index in [9.17, 15) is 4.39 Å². The van der Waals surface area contributed by atoms with Gasteiger partial charge in [-0.05, 0) is 18.6 Å². The van der Waals surface area contributed by atoms with Crippen molar-refractivity contribution in [2.75, 3.05) is 7.11 Å². The van der Waals surface area contributed by atoms with Crippen molar-refractivity contribution in [2.24, 2.45) is 0 Å². The summed E-state index contributed by atoms with van der Waals surface area (Å²) in [7, 11) is 1.55. The molecule has 0 radical (unpaired) electrons. The molecule has 0 saturated heterocycles. The topological polar surface area (TPSA) is 35.0 Å². The van der Waals surface area contributed by atoms with Gasteiger partial charge in [-0.2, -0.15) is 0 Å². The lowest BCUT2D eigenvalue weighted by Crippen LogP contribution is -2.00. The Labute approximate surface area is 110 Å². The zero-order chi connectivity index (χ0) is 13.1. The fourth-order valence-corrected chi connectivity index (χ4v) is 1.88. The number of hydrogen-bond acceptors (Lipinski definition) is 3. The molecule has 1 aromatic carbocycles. The van der Waals surface area contributed by atoms with Crippen LogP contribution >= 0.6 is 11.6 Å². The molecule has 94 valence electrons. The highest BCUT2D eigenvalue weighted by atomic mass is 35.5. The molecular formula is C13H12ClFN2O. The quantitative estimate of drug-likeness (QED) is 0.799. The third kappa shape index (κ3) is 2.66. The molecule has 0 aliphatic heterocycles. The second-order valence-corrected chi connectivity index (χ2v) is 4.22. The second kappa shape index (κ2) is 5.42. The molecule has 0 saturated carbocycles. The summed E-state index contributed by atoms with van der Waals surface area (Å²) in [5, 5.41) is 0.315. The van der Waals surface area contributed by atoms with E-state index in [2.05, 4.69) is 9.97 Å². The molecule has 0 atom stereocenters. The Bertz CT molecular complexity index is 575. The highest BCUT2D eigenvalue weighted by Crippen LogP contribution is 2.25. The summed E-state index contributed by atoms with van der Waals surface area (Å²) in [6.45, 7) is 1.97. The van der Waals surface area contributed by atoms with Crippen molar-refractivity contribution in [3.8, 4) is 11.3 Å². The van der Waals surface area contributed by atoms with Gasteiger partial charge in [-0.1, -0.05) is 23.7 Å². The van der Waals surface area contributed by atoms with Crippen molar-refractivity contribution in [1.29, 1.82) is 0 Å². The average molecular weight is 267 g/mol. The van der Waals surface area contributed by atoms with Gasteiger partial charge in [0.05, 0.1) is 5.69 Å². The fraction of sp³-hybridized carbons (Fsp3) is 0.231. The van der Waals surface area contributed by atoms with Gasteiger partial charge in [0, 0.05) is 18.7 Å². The summed E-state index contributed by atoms with van der Waals surface area (Å²) >= 11 is 5.93. The number of methoxy groups -OCH3 is 1. The highest BCUT2D eigenvalue weighted by molar-refractivity contribution is 6.29. The van der Waals surface area contributed by atoms with E-state index in [4.69, 9.17) is 16.3 Å². The Hall–Kier alpha value is -1.52. The second-order valence-electron chi connectivity index (χ2n) is 3.84.